The Hall–Kier alpha value is -3.78. The number of amides is 1. The Labute approximate surface area is 256 Å². The van der Waals surface area contributed by atoms with E-state index in [0.717, 1.165) is 57.8 Å². The molecule has 1 amide bonds. The zero-order valence-corrected chi connectivity index (χ0v) is 25.1. The van der Waals surface area contributed by atoms with Gasteiger partial charge in [-0.25, -0.2) is 4.39 Å². The lowest BCUT2D eigenvalue weighted by molar-refractivity contribution is -0.131. The number of halogens is 2. The predicted molar refractivity (Wildman–Crippen MR) is 163 cm³/mol. The first kappa shape index (κ1) is 29.3. The molecule has 4 heterocycles. The fraction of sp³-hybridized carbons (Fsp3) is 0.438. The zero-order valence-electron chi connectivity index (χ0n) is 24.3. The molecule has 9 nitrogen and oxygen atoms in total. The molecule has 3 aliphatic rings. The van der Waals surface area contributed by atoms with Crippen molar-refractivity contribution in [2.45, 2.75) is 51.0 Å². The van der Waals surface area contributed by atoms with Crippen LogP contribution in [0.1, 0.15) is 36.1 Å². The van der Waals surface area contributed by atoms with Crippen LogP contribution < -0.4 is 9.64 Å². The van der Waals surface area contributed by atoms with Crippen molar-refractivity contribution in [3.8, 4) is 12.1 Å². The molecule has 0 radical (unpaired) electrons. The maximum Gasteiger partial charge on any atom is 0.318 e. The number of ether oxygens (including phenoxy) is 1. The van der Waals surface area contributed by atoms with Crippen molar-refractivity contribution >= 4 is 34.1 Å². The van der Waals surface area contributed by atoms with E-state index in [1.807, 2.05) is 24.3 Å². The van der Waals surface area contributed by atoms with Crippen LogP contribution >= 0.6 is 11.6 Å². The van der Waals surface area contributed by atoms with E-state index in [9.17, 15) is 14.4 Å². The fourth-order valence-electron chi connectivity index (χ4n) is 6.52. The Morgan fingerprint density at radius 3 is 2.77 bits per heavy atom. The summed E-state index contributed by atoms with van der Waals surface area (Å²) in [6.07, 6.45) is 2.28. The molecule has 43 heavy (non-hydrogen) atoms. The van der Waals surface area contributed by atoms with Crippen LogP contribution in [-0.2, 0) is 24.4 Å². The molecule has 0 saturated carbocycles. The quantitative estimate of drug-likeness (QED) is 0.343. The summed E-state index contributed by atoms with van der Waals surface area (Å²) in [5.74, 6) is -1.05. The molecule has 3 aliphatic heterocycles. The molecular formula is C32H35ClFN7O2. The van der Waals surface area contributed by atoms with Crippen LogP contribution in [0.3, 0.4) is 0 Å². The van der Waals surface area contributed by atoms with E-state index in [4.69, 9.17) is 26.3 Å². The number of rotatable bonds is 8. The van der Waals surface area contributed by atoms with Crippen LogP contribution in [-0.4, -0.2) is 82.5 Å². The van der Waals surface area contributed by atoms with Gasteiger partial charge in [0, 0.05) is 55.9 Å². The number of fused-ring (bicyclic) bond motifs is 2. The van der Waals surface area contributed by atoms with Gasteiger partial charge in [0.25, 0.3) is 5.91 Å². The maximum atomic E-state index is 13.8. The van der Waals surface area contributed by atoms with Gasteiger partial charge in [0.15, 0.2) is 5.83 Å². The van der Waals surface area contributed by atoms with Gasteiger partial charge in [0.1, 0.15) is 12.4 Å². The molecule has 2 saturated heterocycles. The Balaban J connectivity index is 1.29. The molecule has 6 rings (SSSR count). The number of hydrogen-bond donors (Lipinski definition) is 0. The Morgan fingerprint density at radius 1 is 1.16 bits per heavy atom. The molecular weight excluding hydrogens is 569 g/mol. The highest BCUT2D eigenvalue weighted by molar-refractivity contribution is 6.32. The van der Waals surface area contributed by atoms with Crippen molar-refractivity contribution in [1.82, 2.24) is 24.7 Å². The molecule has 3 aromatic rings. The highest BCUT2D eigenvalue weighted by Gasteiger charge is 2.36. The number of hydrogen-bond acceptors (Lipinski definition) is 8. The summed E-state index contributed by atoms with van der Waals surface area (Å²) in [4.78, 5) is 30.3. The third-order valence-electron chi connectivity index (χ3n) is 8.85. The summed E-state index contributed by atoms with van der Waals surface area (Å²) in [5, 5.41) is 12.5. The van der Waals surface area contributed by atoms with E-state index in [0.29, 0.717) is 51.4 Å². The Morgan fingerprint density at radius 2 is 2.00 bits per heavy atom. The Kier molecular flexibility index (Phi) is 8.48. The summed E-state index contributed by atoms with van der Waals surface area (Å²) >= 11 is 6.72. The van der Waals surface area contributed by atoms with Gasteiger partial charge in [-0.05, 0) is 48.8 Å². The Bertz CT molecular complexity index is 1590. The van der Waals surface area contributed by atoms with Crippen LogP contribution in [0.4, 0.5) is 10.2 Å². The van der Waals surface area contributed by atoms with Crippen LogP contribution in [0.15, 0.2) is 48.8 Å². The van der Waals surface area contributed by atoms with Gasteiger partial charge in [-0.15, -0.1) is 0 Å². The summed E-state index contributed by atoms with van der Waals surface area (Å²) in [7, 11) is 2.11. The van der Waals surface area contributed by atoms with Gasteiger partial charge in [-0.2, -0.15) is 15.2 Å². The second-order valence-corrected chi connectivity index (χ2v) is 12.0. The average molecular weight is 604 g/mol. The highest BCUT2D eigenvalue weighted by Crippen LogP contribution is 2.36. The smallest absolute Gasteiger partial charge is 0.318 e. The SMILES string of the molecule is C=C(F)C(=O)N1CCN(c2nc(OC[C@@H]3CCCN3C)nc3c2CN(Cc2c(Cl)ccc4ccccc24)C3)C[C@@H]1CC#N. The number of benzene rings is 2. The van der Waals surface area contributed by atoms with E-state index in [1.165, 1.54) is 4.90 Å². The van der Waals surface area contributed by atoms with E-state index in [2.05, 4.69) is 46.5 Å². The van der Waals surface area contributed by atoms with Gasteiger partial charge in [-0.1, -0.05) is 48.5 Å². The normalized spacial score (nSPS) is 20.8. The number of likely N-dealkylation sites (N-methyl/N-ethyl adjacent to an activating group) is 1. The zero-order chi connectivity index (χ0) is 30.1. The summed E-state index contributed by atoms with van der Waals surface area (Å²) in [5.41, 5.74) is 2.95. The number of nitriles is 1. The standard InChI is InChI=1S/C32H35ClFN7O2/c1-21(34)31(42)41-15-14-40(16-23(41)11-12-35)30-27-18-39(17-26-25-8-4-3-6-22(25)9-10-28(26)33)19-29(27)36-32(37-30)43-20-24-7-5-13-38(24)2/h3-4,6,8-10,23-24H,1,5,7,11,13-20H2,2H3/t23-,24-/m0/s1. The largest absolute Gasteiger partial charge is 0.462 e. The lowest BCUT2D eigenvalue weighted by Gasteiger charge is -2.41. The molecule has 0 spiro atoms. The summed E-state index contributed by atoms with van der Waals surface area (Å²) < 4.78 is 20.0. The highest BCUT2D eigenvalue weighted by atomic mass is 35.5. The second kappa shape index (κ2) is 12.4. The average Bonchev–Trinajstić information content (AvgIpc) is 3.61. The lowest BCUT2D eigenvalue weighted by atomic mass is 10.0. The summed E-state index contributed by atoms with van der Waals surface area (Å²) in [6, 6.07) is 14.5. The molecule has 224 valence electrons. The van der Waals surface area contributed by atoms with Crippen molar-refractivity contribution in [2.24, 2.45) is 0 Å². The number of likely N-dealkylation sites (tertiary alicyclic amines) is 1. The van der Waals surface area contributed by atoms with E-state index in [1.54, 1.807) is 0 Å². The van der Waals surface area contributed by atoms with Crippen molar-refractivity contribution in [1.29, 1.82) is 5.26 Å². The topological polar surface area (TPSA) is 88.8 Å². The molecule has 0 bridgehead atoms. The molecule has 2 fully saturated rings. The first-order chi connectivity index (χ1) is 20.8. The lowest BCUT2D eigenvalue weighted by Crippen LogP contribution is -2.55. The molecule has 11 heteroatoms. The second-order valence-electron chi connectivity index (χ2n) is 11.6. The third-order valence-corrected chi connectivity index (χ3v) is 9.20. The summed E-state index contributed by atoms with van der Waals surface area (Å²) in [6.45, 7) is 7.61. The van der Waals surface area contributed by atoms with Crippen LogP contribution in [0.5, 0.6) is 6.01 Å². The molecule has 2 aromatic carbocycles. The minimum atomic E-state index is -1.02. The number of piperazine rings is 1. The van der Waals surface area contributed by atoms with Gasteiger partial charge in [-0.3, -0.25) is 9.69 Å². The van der Waals surface area contributed by atoms with Crippen LogP contribution in [0, 0.1) is 11.3 Å². The molecule has 2 atom stereocenters. The van der Waals surface area contributed by atoms with Gasteiger partial charge in [0.05, 0.1) is 24.2 Å². The van der Waals surface area contributed by atoms with E-state index in [-0.39, 0.29) is 13.0 Å². The third kappa shape index (κ3) is 6.03. The number of nitrogens with zero attached hydrogens (tertiary/aromatic N) is 7. The number of aromatic nitrogens is 2. The van der Waals surface area contributed by atoms with E-state index >= 15 is 0 Å². The minimum Gasteiger partial charge on any atom is -0.462 e. The number of anilines is 1. The van der Waals surface area contributed by atoms with E-state index < -0.39 is 17.8 Å². The van der Waals surface area contributed by atoms with Gasteiger partial charge in [0.2, 0.25) is 0 Å². The number of carbonyl (C=O) groups excluding carboxylic acids is 1. The predicted octanol–water partition coefficient (Wildman–Crippen LogP) is 4.69. The van der Waals surface area contributed by atoms with Crippen molar-refractivity contribution in [3.05, 3.63) is 70.6 Å². The molecule has 1 aromatic heterocycles. The van der Waals surface area contributed by atoms with Gasteiger partial charge < -0.3 is 19.4 Å². The van der Waals surface area contributed by atoms with Crippen LogP contribution in [0.25, 0.3) is 10.8 Å². The fourth-order valence-corrected chi connectivity index (χ4v) is 6.75. The van der Waals surface area contributed by atoms with Crippen LogP contribution in [0.2, 0.25) is 5.02 Å². The first-order valence-corrected chi connectivity index (χ1v) is 15.1. The van der Waals surface area contributed by atoms with Crippen molar-refractivity contribution in [3.63, 3.8) is 0 Å². The monoisotopic (exact) mass is 603 g/mol. The molecule has 0 N–H and O–H groups in total. The first-order valence-electron chi connectivity index (χ1n) is 14.7. The molecule has 0 aliphatic carbocycles. The molecule has 0 unspecified atom stereocenters. The van der Waals surface area contributed by atoms with Crippen molar-refractivity contribution in [2.75, 3.05) is 44.7 Å². The van der Waals surface area contributed by atoms with Gasteiger partial charge >= 0.3 is 6.01 Å². The minimum absolute atomic E-state index is 0.0753. The van der Waals surface area contributed by atoms with Crippen molar-refractivity contribution < 1.29 is 13.9 Å². The maximum absolute atomic E-state index is 13.8. The number of carbonyl (C=O) groups is 1.